The predicted octanol–water partition coefficient (Wildman–Crippen LogP) is 3.15. The first kappa shape index (κ1) is 29.9. The lowest BCUT2D eigenvalue weighted by Crippen LogP contribution is -2.53. The lowest BCUT2D eigenvalue weighted by molar-refractivity contribution is -0.141. The van der Waals surface area contributed by atoms with Crippen molar-refractivity contribution in [2.45, 2.75) is 51.8 Å². The van der Waals surface area contributed by atoms with Crippen LogP contribution in [0.25, 0.3) is 0 Å². The van der Waals surface area contributed by atoms with E-state index in [9.17, 15) is 29.5 Å². The Kier molecular flexibility index (Phi) is 10.1. The number of alkyl carbamates (subject to hydrolysis) is 1. The number of rotatable bonds is 9. The maximum Gasteiger partial charge on any atom is 0.408 e. The van der Waals surface area contributed by atoms with Gasteiger partial charge in [-0.3, -0.25) is 14.4 Å². The van der Waals surface area contributed by atoms with Gasteiger partial charge < -0.3 is 31.1 Å². The van der Waals surface area contributed by atoms with Crippen LogP contribution in [-0.2, 0) is 19.1 Å². The Hall–Kier alpha value is -4.30. The highest BCUT2D eigenvalue weighted by molar-refractivity contribution is 6.34. The molecule has 0 aliphatic carbocycles. The molecule has 2 aromatic rings. The van der Waals surface area contributed by atoms with Crippen molar-refractivity contribution in [3.8, 4) is 11.8 Å². The second kappa shape index (κ2) is 12.8. The van der Waals surface area contributed by atoms with Gasteiger partial charge in [-0.05, 0) is 57.0 Å². The van der Waals surface area contributed by atoms with Gasteiger partial charge >= 0.3 is 6.09 Å². The van der Waals surface area contributed by atoms with Crippen LogP contribution < -0.4 is 16.4 Å². The fraction of sp³-hybridized carbons (Fsp3) is 0.346. The standard InChI is InChI=1S/C26H30ClN5O6/c1-15-7-5-10-18(27)21(15)31-23(35)22(16-8-6-9-17(33)13-16)32(12-11-28)24(36)19(14-20(29)34)30-25(37)38-26(2,3)4/h5-10,13,19,22,33H,12,14H2,1-4H3,(H2,29,34)(H,30,37)(H,31,35). The number of primary amides is 1. The van der Waals surface area contributed by atoms with Gasteiger partial charge in [-0.25, -0.2) is 4.79 Å². The monoisotopic (exact) mass is 543 g/mol. The summed E-state index contributed by atoms with van der Waals surface area (Å²) < 4.78 is 5.19. The van der Waals surface area contributed by atoms with Crippen LogP contribution in [0.1, 0.15) is 44.4 Å². The maximum atomic E-state index is 13.7. The van der Waals surface area contributed by atoms with Crippen molar-refractivity contribution >= 4 is 41.1 Å². The highest BCUT2D eigenvalue weighted by Gasteiger charge is 2.37. The maximum absolute atomic E-state index is 13.7. The summed E-state index contributed by atoms with van der Waals surface area (Å²) in [6.45, 7) is 5.94. The van der Waals surface area contributed by atoms with Crippen LogP contribution in [0.15, 0.2) is 42.5 Å². The Morgan fingerprint density at radius 3 is 2.39 bits per heavy atom. The molecule has 5 N–H and O–H groups in total. The van der Waals surface area contributed by atoms with E-state index in [4.69, 9.17) is 22.1 Å². The Morgan fingerprint density at radius 1 is 1.18 bits per heavy atom. The summed E-state index contributed by atoms with van der Waals surface area (Å²) >= 11 is 6.27. The van der Waals surface area contributed by atoms with Crippen molar-refractivity contribution in [2.75, 3.05) is 11.9 Å². The molecule has 0 saturated heterocycles. The van der Waals surface area contributed by atoms with Crippen LogP contribution in [-0.4, -0.2) is 52.0 Å². The summed E-state index contributed by atoms with van der Waals surface area (Å²) in [7, 11) is 0. The number of hydrogen-bond acceptors (Lipinski definition) is 7. The summed E-state index contributed by atoms with van der Waals surface area (Å²) in [6.07, 6.45) is -1.63. The van der Waals surface area contributed by atoms with Crippen LogP contribution in [0.2, 0.25) is 5.02 Å². The number of ether oxygens (including phenoxy) is 1. The van der Waals surface area contributed by atoms with Gasteiger partial charge in [0.25, 0.3) is 5.91 Å². The number of nitrogens with zero attached hydrogens (tertiary/aromatic N) is 2. The highest BCUT2D eigenvalue weighted by Crippen LogP contribution is 2.30. The average molecular weight is 544 g/mol. The molecule has 2 rings (SSSR count). The minimum absolute atomic E-state index is 0.158. The van der Waals surface area contributed by atoms with E-state index >= 15 is 0 Å². The number of benzene rings is 2. The Balaban J connectivity index is 2.56. The Labute approximate surface area is 225 Å². The van der Waals surface area contributed by atoms with Gasteiger partial charge in [0.15, 0.2) is 0 Å². The molecule has 2 aromatic carbocycles. The average Bonchev–Trinajstić information content (AvgIpc) is 2.79. The summed E-state index contributed by atoms with van der Waals surface area (Å²) in [5.74, 6) is -2.82. The van der Waals surface area contributed by atoms with E-state index in [0.29, 0.717) is 5.56 Å². The first-order chi connectivity index (χ1) is 17.7. The van der Waals surface area contributed by atoms with Gasteiger partial charge in [0.1, 0.15) is 30.0 Å². The molecule has 38 heavy (non-hydrogen) atoms. The minimum atomic E-state index is -1.55. The number of nitriles is 1. The normalized spacial score (nSPS) is 12.4. The molecule has 202 valence electrons. The molecule has 0 heterocycles. The molecule has 0 aliphatic rings. The third-order valence-electron chi connectivity index (χ3n) is 5.13. The number of hydrogen-bond donors (Lipinski definition) is 4. The minimum Gasteiger partial charge on any atom is -0.508 e. The molecule has 0 saturated carbocycles. The van der Waals surface area contributed by atoms with Crippen LogP contribution in [0.3, 0.4) is 0 Å². The molecule has 0 bridgehead atoms. The summed E-state index contributed by atoms with van der Waals surface area (Å²) in [5, 5.41) is 24.8. The molecule has 0 aromatic heterocycles. The quantitative estimate of drug-likeness (QED) is 0.351. The summed E-state index contributed by atoms with van der Waals surface area (Å²) in [6, 6.07) is 9.35. The Bertz CT molecular complexity index is 1230. The van der Waals surface area contributed by atoms with Crippen LogP contribution in [0.5, 0.6) is 5.75 Å². The number of phenols is 1. The fourth-order valence-corrected chi connectivity index (χ4v) is 3.84. The van der Waals surface area contributed by atoms with E-state index in [1.807, 2.05) is 6.07 Å². The predicted molar refractivity (Wildman–Crippen MR) is 140 cm³/mol. The van der Waals surface area contributed by atoms with E-state index in [2.05, 4.69) is 10.6 Å². The van der Waals surface area contributed by atoms with Crippen LogP contribution in [0.4, 0.5) is 10.5 Å². The number of carbonyl (C=O) groups is 4. The highest BCUT2D eigenvalue weighted by atomic mass is 35.5. The van der Waals surface area contributed by atoms with E-state index in [1.165, 1.54) is 24.3 Å². The number of carbonyl (C=O) groups excluding carboxylic acids is 4. The molecule has 0 fully saturated rings. The molecular formula is C26H30ClN5O6. The van der Waals surface area contributed by atoms with Crippen LogP contribution >= 0.6 is 11.6 Å². The first-order valence-electron chi connectivity index (χ1n) is 11.5. The number of amides is 4. The number of aromatic hydroxyl groups is 1. The van der Waals surface area contributed by atoms with Gasteiger partial charge in [0.2, 0.25) is 11.8 Å². The molecular weight excluding hydrogens is 514 g/mol. The van der Waals surface area contributed by atoms with Gasteiger partial charge in [-0.15, -0.1) is 0 Å². The summed E-state index contributed by atoms with van der Waals surface area (Å²) in [4.78, 5) is 52.4. The van der Waals surface area contributed by atoms with Crippen molar-refractivity contribution in [3.63, 3.8) is 0 Å². The zero-order valence-corrected chi connectivity index (χ0v) is 22.2. The van der Waals surface area contributed by atoms with E-state index in [0.717, 1.165) is 4.90 Å². The number of halogens is 1. The lowest BCUT2D eigenvalue weighted by atomic mass is 10.0. The number of aryl methyl sites for hydroxylation is 1. The number of phenolic OH excluding ortho intramolecular Hbond substituents is 1. The summed E-state index contributed by atoms with van der Waals surface area (Å²) in [5.41, 5.74) is 5.49. The third-order valence-corrected chi connectivity index (χ3v) is 5.45. The van der Waals surface area contributed by atoms with Gasteiger partial charge in [0, 0.05) is 0 Å². The largest absolute Gasteiger partial charge is 0.508 e. The molecule has 4 amide bonds. The molecule has 2 atom stereocenters. The molecule has 2 unspecified atom stereocenters. The topological polar surface area (TPSA) is 175 Å². The van der Waals surface area contributed by atoms with E-state index in [-0.39, 0.29) is 22.0 Å². The zero-order chi connectivity index (χ0) is 28.6. The van der Waals surface area contributed by atoms with Crippen LogP contribution in [0, 0.1) is 18.3 Å². The molecule has 0 aliphatic heterocycles. The smallest absolute Gasteiger partial charge is 0.408 e. The molecule has 0 radical (unpaired) electrons. The number of nitrogens with two attached hydrogens (primary N) is 1. The molecule has 0 spiro atoms. The van der Waals surface area contributed by atoms with Gasteiger partial charge in [0.05, 0.1) is 23.2 Å². The SMILES string of the molecule is Cc1cccc(Cl)c1NC(=O)C(c1cccc(O)c1)N(CC#N)C(=O)C(CC(N)=O)NC(=O)OC(C)(C)C. The molecule has 12 heteroatoms. The van der Waals surface area contributed by atoms with Crippen molar-refractivity contribution in [2.24, 2.45) is 5.73 Å². The van der Waals surface area contributed by atoms with Crippen molar-refractivity contribution in [1.29, 1.82) is 5.26 Å². The second-order valence-electron chi connectivity index (χ2n) is 9.41. The zero-order valence-electron chi connectivity index (χ0n) is 21.4. The van der Waals surface area contributed by atoms with E-state index < -0.39 is 54.5 Å². The molecule has 11 nitrogen and oxygen atoms in total. The third kappa shape index (κ3) is 8.38. The lowest BCUT2D eigenvalue weighted by Gasteiger charge is -2.32. The number of anilines is 1. The number of para-hydroxylation sites is 1. The van der Waals surface area contributed by atoms with Gasteiger partial charge in [-0.2, -0.15) is 5.26 Å². The van der Waals surface area contributed by atoms with Crippen molar-refractivity contribution < 1.29 is 29.0 Å². The number of nitrogens with one attached hydrogen (secondary N) is 2. The fourth-order valence-electron chi connectivity index (χ4n) is 3.57. The van der Waals surface area contributed by atoms with Crippen molar-refractivity contribution in [3.05, 3.63) is 58.6 Å². The first-order valence-corrected chi connectivity index (χ1v) is 11.9. The van der Waals surface area contributed by atoms with Crippen molar-refractivity contribution in [1.82, 2.24) is 10.2 Å². The van der Waals surface area contributed by atoms with Gasteiger partial charge in [-0.1, -0.05) is 35.9 Å². The Morgan fingerprint density at radius 2 is 1.84 bits per heavy atom. The second-order valence-corrected chi connectivity index (χ2v) is 9.82. The van der Waals surface area contributed by atoms with E-state index in [1.54, 1.807) is 45.9 Å².